The Morgan fingerprint density at radius 3 is 2.74 bits per heavy atom. The molecule has 5 nitrogen and oxygen atoms in total. The van der Waals surface area contributed by atoms with Crippen molar-refractivity contribution >= 4 is 28.9 Å². The maximum Gasteiger partial charge on any atom is 0.262 e. The summed E-state index contributed by atoms with van der Waals surface area (Å²) in [6, 6.07) is 8.38. The number of nitrogens with two attached hydrogens (primary N) is 1. The Morgan fingerprint density at radius 2 is 2.05 bits per heavy atom. The number of aromatic nitrogens is 1. The van der Waals surface area contributed by atoms with Crippen LogP contribution in [0.5, 0.6) is 5.75 Å². The van der Waals surface area contributed by atoms with E-state index >= 15 is 0 Å². The van der Waals surface area contributed by atoms with Gasteiger partial charge in [-0.05, 0) is 30.3 Å². The number of benzene rings is 1. The number of pyridine rings is 1. The fourth-order valence-corrected chi connectivity index (χ4v) is 1.51. The average molecular weight is 278 g/mol. The average Bonchev–Trinajstić information content (AvgIpc) is 2.41. The minimum Gasteiger partial charge on any atom is -0.484 e. The molecular weight excluding hydrogens is 266 g/mol. The first-order valence-corrected chi connectivity index (χ1v) is 5.90. The van der Waals surface area contributed by atoms with Crippen molar-refractivity contribution in [2.45, 2.75) is 0 Å². The fraction of sp³-hybridized carbons (Fsp3) is 0.0769. The number of amides is 1. The molecule has 1 aromatic heterocycles. The topological polar surface area (TPSA) is 77.2 Å². The number of rotatable bonds is 4. The van der Waals surface area contributed by atoms with E-state index in [0.29, 0.717) is 22.1 Å². The molecule has 0 fully saturated rings. The summed E-state index contributed by atoms with van der Waals surface area (Å²) in [5.41, 5.74) is 6.58. The lowest BCUT2D eigenvalue weighted by atomic mass is 10.3. The highest BCUT2D eigenvalue weighted by molar-refractivity contribution is 6.30. The molecule has 1 amide bonds. The van der Waals surface area contributed by atoms with Crippen molar-refractivity contribution < 1.29 is 9.53 Å². The largest absolute Gasteiger partial charge is 0.484 e. The quantitative estimate of drug-likeness (QED) is 0.899. The van der Waals surface area contributed by atoms with Crippen LogP contribution in [0.1, 0.15) is 0 Å². The van der Waals surface area contributed by atoms with Crippen molar-refractivity contribution in [2.24, 2.45) is 0 Å². The molecule has 19 heavy (non-hydrogen) atoms. The van der Waals surface area contributed by atoms with Crippen LogP contribution in [0.25, 0.3) is 0 Å². The van der Waals surface area contributed by atoms with Gasteiger partial charge in [0.05, 0.1) is 17.6 Å². The van der Waals surface area contributed by atoms with E-state index in [1.807, 2.05) is 0 Å². The van der Waals surface area contributed by atoms with Crippen LogP contribution in [0.3, 0.4) is 0 Å². The van der Waals surface area contributed by atoms with Gasteiger partial charge in [-0.25, -0.2) is 0 Å². The number of ether oxygens (including phenoxy) is 1. The van der Waals surface area contributed by atoms with E-state index < -0.39 is 0 Å². The van der Waals surface area contributed by atoms with Gasteiger partial charge in [0.2, 0.25) is 0 Å². The number of halogens is 1. The molecule has 6 heteroatoms. The second-order valence-corrected chi connectivity index (χ2v) is 4.19. The predicted molar refractivity (Wildman–Crippen MR) is 74.2 cm³/mol. The van der Waals surface area contributed by atoms with Gasteiger partial charge in [0.1, 0.15) is 5.75 Å². The Labute approximate surface area is 115 Å². The Kier molecular flexibility index (Phi) is 4.20. The Balaban J connectivity index is 1.88. The van der Waals surface area contributed by atoms with Gasteiger partial charge in [0.25, 0.3) is 5.91 Å². The van der Waals surface area contributed by atoms with Crippen molar-refractivity contribution in [3.8, 4) is 5.75 Å². The van der Waals surface area contributed by atoms with Crippen LogP contribution >= 0.6 is 11.6 Å². The molecule has 0 unspecified atom stereocenters. The Bertz CT molecular complexity index is 572. The maximum absolute atomic E-state index is 11.7. The number of hydrogen-bond donors (Lipinski definition) is 2. The van der Waals surface area contributed by atoms with Gasteiger partial charge in [0.15, 0.2) is 6.61 Å². The predicted octanol–water partition coefficient (Wildman–Crippen LogP) is 2.33. The van der Waals surface area contributed by atoms with Gasteiger partial charge in [0, 0.05) is 11.2 Å². The second-order valence-electron chi connectivity index (χ2n) is 3.75. The van der Waals surface area contributed by atoms with Crippen molar-refractivity contribution in [3.05, 3.63) is 47.7 Å². The van der Waals surface area contributed by atoms with Gasteiger partial charge in [-0.1, -0.05) is 11.6 Å². The van der Waals surface area contributed by atoms with Crippen molar-refractivity contribution in [3.63, 3.8) is 0 Å². The lowest BCUT2D eigenvalue weighted by Gasteiger charge is -2.08. The zero-order chi connectivity index (χ0) is 13.7. The second kappa shape index (κ2) is 6.06. The molecule has 1 heterocycles. The fourth-order valence-electron chi connectivity index (χ4n) is 1.39. The number of nitrogens with zero attached hydrogens (tertiary/aromatic N) is 1. The van der Waals surface area contributed by atoms with E-state index in [1.54, 1.807) is 36.5 Å². The summed E-state index contributed by atoms with van der Waals surface area (Å²) in [7, 11) is 0. The molecule has 0 spiro atoms. The van der Waals surface area contributed by atoms with Crippen LogP contribution < -0.4 is 15.8 Å². The van der Waals surface area contributed by atoms with E-state index in [4.69, 9.17) is 22.1 Å². The van der Waals surface area contributed by atoms with Crippen LogP contribution in [0, 0.1) is 0 Å². The smallest absolute Gasteiger partial charge is 0.262 e. The highest BCUT2D eigenvalue weighted by Gasteiger charge is 2.06. The summed E-state index contributed by atoms with van der Waals surface area (Å²) < 4.78 is 5.31. The molecule has 0 aliphatic rings. The van der Waals surface area contributed by atoms with Crippen molar-refractivity contribution in [1.82, 2.24) is 4.98 Å². The molecule has 0 saturated carbocycles. The zero-order valence-corrected chi connectivity index (χ0v) is 10.7. The maximum atomic E-state index is 11.7. The number of carbonyl (C=O) groups is 1. The third-order valence-corrected chi connectivity index (χ3v) is 2.56. The molecule has 2 rings (SSSR count). The van der Waals surface area contributed by atoms with Crippen molar-refractivity contribution in [1.29, 1.82) is 0 Å². The normalized spacial score (nSPS) is 9.95. The first-order valence-electron chi connectivity index (χ1n) is 5.53. The lowest BCUT2D eigenvalue weighted by Crippen LogP contribution is -2.20. The summed E-state index contributed by atoms with van der Waals surface area (Å²) in [5.74, 6) is 0.273. The van der Waals surface area contributed by atoms with E-state index in [9.17, 15) is 4.79 Å². The van der Waals surface area contributed by atoms with E-state index in [0.717, 1.165) is 0 Å². The summed E-state index contributed by atoms with van der Waals surface area (Å²) in [4.78, 5) is 15.5. The minimum atomic E-state index is -0.298. The molecule has 0 bridgehead atoms. The van der Waals surface area contributed by atoms with Crippen LogP contribution in [-0.4, -0.2) is 17.5 Å². The SMILES string of the molecule is Nc1cnccc1NC(=O)COc1ccc(Cl)cc1. The van der Waals surface area contributed by atoms with Gasteiger partial charge < -0.3 is 15.8 Å². The summed E-state index contributed by atoms with van der Waals surface area (Å²) in [6.45, 7) is -0.108. The molecule has 2 aromatic rings. The monoisotopic (exact) mass is 277 g/mol. The summed E-state index contributed by atoms with van der Waals surface area (Å²) >= 11 is 5.74. The Hall–Kier alpha value is -2.27. The zero-order valence-electron chi connectivity index (χ0n) is 9.97. The third-order valence-electron chi connectivity index (χ3n) is 2.31. The molecule has 0 radical (unpaired) electrons. The standard InChI is InChI=1S/C13H12ClN3O2/c14-9-1-3-10(4-2-9)19-8-13(18)17-12-5-6-16-7-11(12)15/h1-7H,8,15H2,(H,16,17,18). The number of hydrogen-bond acceptors (Lipinski definition) is 4. The third kappa shape index (κ3) is 3.86. The molecule has 3 N–H and O–H groups in total. The first kappa shape index (κ1) is 13.2. The molecule has 0 saturated heterocycles. The lowest BCUT2D eigenvalue weighted by molar-refractivity contribution is -0.118. The van der Waals surface area contributed by atoms with E-state index in [2.05, 4.69) is 10.3 Å². The highest BCUT2D eigenvalue weighted by atomic mass is 35.5. The number of nitrogens with one attached hydrogen (secondary N) is 1. The van der Waals surface area contributed by atoms with Crippen LogP contribution in [0.15, 0.2) is 42.7 Å². The van der Waals surface area contributed by atoms with Crippen LogP contribution in [-0.2, 0) is 4.79 Å². The molecule has 0 aliphatic carbocycles. The number of nitrogen functional groups attached to an aromatic ring is 1. The van der Waals surface area contributed by atoms with Gasteiger partial charge in [-0.15, -0.1) is 0 Å². The molecule has 1 aromatic carbocycles. The van der Waals surface area contributed by atoms with E-state index in [-0.39, 0.29) is 12.5 Å². The van der Waals surface area contributed by atoms with Crippen LogP contribution in [0.2, 0.25) is 5.02 Å². The molecule has 0 atom stereocenters. The molecule has 98 valence electrons. The minimum absolute atomic E-state index is 0.108. The number of anilines is 2. The first-order chi connectivity index (χ1) is 9.15. The van der Waals surface area contributed by atoms with E-state index in [1.165, 1.54) is 6.20 Å². The molecular formula is C13H12ClN3O2. The summed E-state index contributed by atoms with van der Waals surface area (Å²) in [6.07, 6.45) is 3.02. The van der Waals surface area contributed by atoms with Gasteiger partial charge in [-0.2, -0.15) is 0 Å². The number of carbonyl (C=O) groups excluding carboxylic acids is 1. The van der Waals surface area contributed by atoms with Crippen molar-refractivity contribution in [2.75, 3.05) is 17.7 Å². The molecule has 0 aliphatic heterocycles. The highest BCUT2D eigenvalue weighted by Crippen LogP contribution is 2.17. The van der Waals surface area contributed by atoms with Gasteiger partial charge in [-0.3, -0.25) is 9.78 Å². The summed E-state index contributed by atoms with van der Waals surface area (Å²) in [5, 5.41) is 3.25. The Morgan fingerprint density at radius 1 is 1.32 bits per heavy atom. The van der Waals surface area contributed by atoms with Gasteiger partial charge >= 0.3 is 0 Å². The van der Waals surface area contributed by atoms with Crippen LogP contribution in [0.4, 0.5) is 11.4 Å².